The molecule has 0 radical (unpaired) electrons. The topological polar surface area (TPSA) is 46.6 Å². The minimum atomic E-state index is -0.860. The minimum absolute atomic E-state index is 0.108. The third-order valence-corrected chi connectivity index (χ3v) is 6.38. The molecule has 1 aliphatic heterocycles. The molecule has 1 atom stereocenters. The summed E-state index contributed by atoms with van der Waals surface area (Å²) in [5, 5.41) is 0. The third kappa shape index (κ3) is 3.54. The number of hydrogen-bond acceptors (Lipinski definition) is 4. The van der Waals surface area contributed by atoms with Crippen molar-refractivity contribution < 1.29 is 14.3 Å². The number of fused-ring (bicyclic) bond motifs is 1. The fraction of sp³-hybridized carbons (Fsp3) is 0.429. The Morgan fingerprint density at radius 2 is 1.73 bits per heavy atom. The molecule has 2 heterocycles. The summed E-state index contributed by atoms with van der Waals surface area (Å²) in [5.74, 6) is -0.492. The summed E-state index contributed by atoms with van der Waals surface area (Å²) in [6.07, 6.45) is 5.61. The highest BCUT2D eigenvalue weighted by Gasteiger charge is 2.32. The zero-order valence-corrected chi connectivity index (χ0v) is 15.6. The Kier molecular flexibility index (Phi) is 5.07. The molecule has 0 bridgehead atoms. The van der Waals surface area contributed by atoms with Gasteiger partial charge in [0, 0.05) is 23.5 Å². The lowest BCUT2D eigenvalue weighted by molar-refractivity contribution is -0.140. The Balaban J connectivity index is 1.56. The number of rotatable bonds is 4. The van der Waals surface area contributed by atoms with Gasteiger partial charge in [-0.05, 0) is 50.2 Å². The van der Waals surface area contributed by atoms with Crippen molar-refractivity contribution in [3.63, 3.8) is 0 Å². The second kappa shape index (κ2) is 7.62. The quantitative estimate of drug-likeness (QED) is 0.761. The maximum absolute atomic E-state index is 13.0. The van der Waals surface area contributed by atoms with Crippen LogP contribution in [0.15, 0.2) is 36.4 Å². The number of benzene rings is 1. The molecule has 1 amide bonds. The zero-order chi connectivity index (χ0) is 17.9. The van der Waals surface area contributed by atoms with Crippen LogP contribution in [0.25, 0.3) is 0 Å². The molecule has 1 aromatic carbocycles. The molecule has 0 unspecified atom stereocenters. The van der Waals surface area contributed by atoms with Gasteiger partial charge in [0.05, 0.1) is 0 Å². The molecule has 4 rings (SSSR count). The van der Waals surface area contributed by atoms with E-state index >= 15 is 0 Å². The van der Waals surface area contributed by atoms with Gasteiger partial charge in [0.2, 0.25) is 6.10 Å². The first-order valence-electron chi connectivity index (χ1n) is 9.38. The Labute approximate surface area is 157 Å². The van der Waals surface area contributed by atoms with Gasteiger partial charge in [-0.1, -0.05) is 30.3 Å². The van der Waals surface area contributed by atoms with Gasteiger partial charge in [-0.3, -0.25) is 4.79 Å². The van der Waals surface area contributed by atoms with Crippen LogP contribution < -0.4 is 0 Å². The summed E-state index contributed by atoms with van der Waals surface area (Å²) in [7, 11) is 0. The van der Waals surface area contributed by atoms with Crippen molar-refractivity contribution in [3.05, 3.63) is 57.3 Å². The number of carbonyl (C=O) groups excluding carboxylic acids is 2. The number of esters is 1. The highest BCUT2D eigenvalue weighted by atomic mass is 32.1. The van der Waals surface area contributed by atoms with Crippen LogP contribution in [0.5, 0.6) is 0 Å². The highest BCUT2D eigenvalue weighted by molar-refractivity contribution is 7.14. The molecule has 0 spiro atoms. The van der Waals surface area contributed by atoms with E-state index in [2.05, 4.69) is 0 Å². The second-order valence-corrected chi connectivity index (χ2v) is 8.13. The summed E-state index contributed by atoms with van der Waals surface area (Å²) >= 11 is 1.53. The Morgan fingerprint density at radius 3 is 2.46 bits per heavy atom. The lowest BCUT2D eigenvalue weighted by atomic mass is 9.99. The Hall–Kier alpha value is -2.14. The van der Waals surface area contributed by atoms with E-state index in [4.69, 9.17) is 4.74 Å². The van der Waals surface area contributed by atoms with E-state index in [0.29, 0.717) is 4.88 Å². The maximum Gasteiger partial charge on any atom is 0.349 e. The summed E-state index contributed by atoms with van der Waals surface area (Å²) in [6.45, 7) is 1.49. The summed E-state index contributed by atoms with van der Waals surface area (Å²) in [4.78, 5) is 29.5. The zero-order valence-electron chi connectivity index (χ0n) is 14.8. The standard InChI is InChI=1S/C21H23NO3S/c23-20(22-12-6-7-13-22)19(15-8-2-1-3-9-15)25-21(24)18-14-16-10-4-5-11-17(16)26-18/h1-3,8-9,14,19H,4-7,10-13H2/t19-/m0/s1. The highest BCUT2D eigenvalue weighted by Crippen LogP contribution is 2.31. The molecule has 0 N–H and O–H groups in total. The van der Waals surface area contributed by atoms with E-state index in [9.17, 15) is 9.59 Å². The molecule has 2 aliphatic rings. The summed E-state index contributed by atoms with van der Waals surface area (Å²) in [6, 6.07) is 11.3. The normalized spacial score (nSPS) is 17.6. The van der Waals surface area contributed by atoms with Crippen LogP contribution in [0.4, 0.5) is 0 Å². The number of aryl methyl sites for hydroxylation is 2. The minimum Gasteiger partial charge on any atom is -0.443 e. The van der Waals surface area contributed by atoms with Crippen molar-refractivity contribution in [2.75, 3.05) is 13.1 Å². The molecule has 136 valence electrons. The summed E-state index contributed by atoms with van der Waals surface area (Å²) < 4.78 is 5.75. The fourth-order valence-corrected chi connectivity index (χ4v) is 4.89. The van der Waals surface area contributed by atoms with Crippen molar-refractivity contribution in [2.24, 2.45) is 0 Å². The van der Waals surface area contributed by atoms with Crippen LogP contribution in [0, 0.1) is 0 Å². The van der Waals surface area contributed by atoms with E-state index in [0.717, 1.165) is 44.3 Å². The largest absolute Gasteiger partial charge is 0.443 e. The average Bonchev–Trinajstić information content (AvgIpc) is 3.35. The number of ether oxygens (including phenoxy) is 1. The van der Waals surface area contributed by atoms with Crippen LogP contribution in [0.3, 0.4) is 0 Å². The lowest BCUT2D eigenvalue weighted by Crippen LogP contribution is -2.34. The van der Waals surface area contributed by atoms with Gasteiger partial charge in [-0.15, -0.1) is 11.3 Å². The number of likely N-dealkylation sites (tertiary alicyclic amines) is 1. The average molecular weight is 369 g/mol. The van der Waals surface area contributed by atoms with Gasteiger partial charge in [-0.25, -0.2) is 4.79 Å². The molecule has 5 heteroatoms. The lowest BCUT2D eigenvalue weighted by Gasteiger charge is -2.23. The molecule has 1 saturated heterocycles. The molecule has 0 saturated carbocycles. The van der Waals surface area contributed by atoms with Gasteiger partial charge in [0.1, 0.15) is 4.88 Å². The predicted octanol–water partition coefficient (Wildman–Crippen LogP) is 4.15. The monoisotopic (exact) mass is 369 g/mol. The van der Waals surface area contributed by atoms with E-state index in [-0.39, 0.29) is 11.9 Å². The summed E-state index contributed by atoms with van der Waals surface area (Å²) in [5.41, 5.74) is 2.01. The van der Waals surface area contributed by atoms with Crippen LogP contribution in [-0.2, 0) is 22.4 Å². The van der Waals surface area contributed by atoms with Crippen LogP contribution in [0.1, 0.15) is 57.5 Å². The van der Waals surface area contributed by atoms with E-state index in [1.54, 1.807) is 0 Å². The molecule has 2 aromatic rings. The number of nitrogens with zero attached hydrogens (tertiary/aromatic N) is 1. The van der Waals surface area contributed by atoms with Gasteiger partial charge in [-0.2, -0.15) is 0 Å². The second-order valence-electron chi connectivity index (χ2n) is 6.99. The first-order chi connectivity index (χ1) is 12.7. The van der Waals surface area contributed by atoms with Crippen molar-refractivity contribution >= 4 is 23.2 Å². The van der Waals surface area contributed by atoms with E-state index < -0.39 is 6.10 Å². The Morgan fingerprint density at radius 1 is 1.00 bits per heavy atom. The van der Waals surface area contributed by atoms with Crippen LogP contribution in [-0.4, -0.2) is 29.9 Å². The van der Waals surface area contributed by atoms with Crippen molar-refractivity contribution in [2.45, 2.75) is 44.6 Å². The van der Waals surface area contributed by atoms with Crippen molar-refractivity contribution in [3.8, 4) is 0 Å². The molecular weight excluding hydrogens is 346 g/mol. The third-order valence-electron chi connectivity index (χ3n) is 5.17. The molecular formula is C21H23NO3S. The molecule has 1 aliphatic carbocycles. The number of carbonyl (C=O) groups is 2. The molecule has 1 aromatic heterocycles. The Bertz CT molecular complexity index is 769. The number of hydrogen-bond donors (Lipinski definition) is 0. The first kappa shape index (κ1) is 17.3. The van der Waals surface area contributed by atoms with E-state index in [1.165, 1.54) is 34.6 Å². The van der Waals surface area contributed by atoms with Gasteiger partial charge >= 0.3 is 5.97 Å². The predicted molar refractivity (Wildman–Crippen MR) is 101 cm³/mol. The first-order valence-corrected chi connectivity index (χ1v) is 10.2. The number of amides is 1. The SMILES string of the molecule is O=C(O[C@H](C(=O)N1CCCC1)c1ccccc1)c1cc2c(s1)CCCC2. The molecule has 26 heavy (non-hydrogen) atoms. The van der Waals surface area contributed by atoms with Gasteiger partial charge in [0.15, 0.2) is 0 Å². The fourth-order valence-electron chi connectivity index (χ4n) is 3.75. The smallest absolute Gasteiger partial charge is 0.349 e. The van der Waals surface area contributed by atoms with E-state index in [1.807, 2.05) is 41.3 Å². The molecule has 4 nitrogen and oxygen atoms in total. The van der Waals surface area contributed by atoms with Crippen molar-refractivity contribution in [1.29, 1.82) is 0 Å². The molecule has 1 fully saturated rings. The maximum atomic E-state index is 13.0. The number of thiophene rings is 1. The van der Waals surface area contributed by atoms with Gasteiger partial charge in [0.25, 0.3) is 5.91 Å². The van der Waals surface area contributed by atoms with Crippen LogP contribution in [0.2, 0.25) is 0 Å². The van der Waals surface area contributed by atoms with Crippen molar-refractivity contribution in [1.82, 2.24) is 4.90 Å². The van der Waals surface area contributed by atoms with Gasteiger partial charge < -0.3 is 9.64 Å². The van der Waals surface area contributed by atoms with Crippen LogP contribution >= 0.6 is 11.3 Å².